The number of nitrogens with zero attached hydrogens (tertiary/aromatic N) is 7. The zero-order valence-corrected chi connectivity index (χ0v) is 26.5. The number of likely N-dealkylation sites (tertiary alicyclic amines) is 1. The smallest absolute Gasteiger partial charge is 0.186 e. The van der Waals surface area contributed by atoms with Crippen molar-refractivity contribution < 1.29 is 4.52 Å². The molecule has 1 saturated carbocycles. The van der Waals surface area contributed by atoms with Crippen LogP contribution in [0.4, 0.5) is 17.2 Å². The average molecular weight is 609 g/mol. The Balaban J connectivity index is 1.20. The maximum Gasteiger partial charge on any atom is 0.186 e. The van der Waals surface area contributed by atoms with Crippen LogP contribution in [0.5, 0.6) is 0 Å². The summed E-state index contributed by atoms with van der Waals surface area (Å²) in [5.41, 5.74) is 19.5. The number of rotatable bonds is 4. The molecule has 3 aliphatic carbocycles. The van der Waals surface area contributed by atoms with E-state index in [4.69, 9.17) is 36.2 Å². The normalized spacial score (nSPS) is 26.4. The van der Waals surface area contributed by atoms with Crippen molar-refractivity contribution >= 4 is 28.2 Å². The third kappa shape index (κ3) is 4.08. The van der Waals surface area contributed by atoms with E-state index in [0.29, 0.717) is 23.2 Å². The average Bonchev–Trinajstić information content (AvgIpc) is 3.39. The van der Waals surface area contributed by atoms with Gasteiger partial charge >= 0.3 is 0 Å². The minimum Gasteiger partial charge on any atom is -0.397 e. The number of hydrogen-bond donors (Lipinski definition) is 3. The lowest BCUT2D eigenvalue weighted by Gasteiger charge is -2.41. The fourth-order valence-corrected chi connectivity index (χ4v) is 9.30. The zero-order chi connectivity index (χ0) is 30.5. The second kappa shape index (κ2) is 9.90. The van der Waals surface area contributed by atoms with E-state index in [9.17, 15) is 0 Å². The van der Waals surface area contributed by atoms with Gasteiger partial charge in [0, 0.05) is 36.8 Å². The van der Waals surface area contributed by atoms with Crippen LogP contribution in [0, 0.1) is 0 Å². The summed E-state index contributed by atoms with van der Waals surface area (Å²) in [6.45, 7) is 6.20. The van der Waals surface area contributed by atoms with Crippen LogP contribution in [-0.2, 0) is 18.3 Å². The summed E-state index contributed by atoms with van der Waals surface area (Å²) in [6.07, 6.45) is 12.7. The van der Waals surface area contributed by atoms with E-state index in [0.717, 1.165) is 111 Å². The number of aromatic nitrogens is 5. The van der Waals surface area contributed by atoms with Gasteiger partial charge in [-0.1, -0.05) is 11.2 Å². The largest absolute Gasteiger partial charge is 0.397 e. The molecule has 45 heavy (non-hydrogen) atoms. The summed E-state index contributed by atoms with van der Waals surface area (Å²) < 4.78 is 8.54. The molecule has 236 valence electrons. The molecule has 2 aliphatic heterocycles. The Hall–Kier alpha value is -3.70. The number of piperazine rings is 1. The minimum atomic E-state index is -0.320. The third-order valence-corrected chi connectivity index (χ3v) is 11.8. The van der Waals surface area contributed by atoms with E-state index in [1.54, 1.807) is 0 Å². The second-order valence-electron chi connectivity index (χ2n) is 14.5. The van der Waals surface area contributed by atoms with Crippen LogP contribution in [0.15, 0.2) is 22.9 Å². The monoisotopic (exact) mass is 608 g/mol. The van der Waals surface area contributed by atoms with Gasteiger partial charge < -0.3 is 31.1 Å². The van der Waals surface area contributed by atoms with Crippen molar-refractivity contribution in [3.8, 4) is 11.5 Å². The summed E-state index contributed by atoms with van der Waals surface area (Å²) in [5.74, 6) is 2.53. The zero-order valence-electron chi connectivity index (χ0n) is 26.5. The van der Waals surface area contributed by atoms with Crippen LogP contribution in [-0.4, -0.2) is 74.6 Å². The highest BCUT2D eigenvalue weighted by Crippen LogP contribution is 2.54. The SMILES string of the molecule is C[C@@H]([C@@H]1CCCN1C)n1ncc2c(N3CCNC4(CC4)C3)nc(-c3noc4c3CCC[C@@]43CCCc4ccc(N)c(N)c43)nc21. The van der Waals surface area contributed by atoms with Crippen molar-refractivity contribution in [2.45, 2.75) is 94.2 Å². The first-order valence-corrected chi connectivity index (χ1v) is 17.0. The van der Waals surface area contributed by atoms with Gasteiger partial charge in [0.05, 0.1) is 34.4 Å². The van der Waals surface area contributed by atoms with Gasteiger partial charge in [-0.2, -0.15) is 5.10 Å². The van der Waals surface area contributed by atoms with E-state index in [1.165, 1.54) is 24.8 Å². The molecule has 3 fully saturated rings. The van der Waals surface area contributed by atoms with Crippen LogP contribution in [0.3, 0.4) is 0 Å². The Kier molecular flexibility index (Phi) is 6.07. The molecule has 2 spiro atoms. The Morgan fingerprint density at radius 2 is 1.89 bits per heavy atom. The summed E-state index contributed by atoms with van der Waals surface area (Å²) >= 11 is 0. The Labute approximate surface area is 263 Å². The molecule has 0 amide bonds. The molecule has 9 rings (SSSR count). The molecule has 5 N–H and O–H groups in total. The van der Waals surface area contributed by atoms with Gasteiger partial charge in [-0.05, 0) is 102 Å². The molecule has 3 aromatic heterocycles. The summed E-state index contributed by atoms with van der Waals surface area (Å²) in [5, 5.41) is 14.5. The molecule has 1 aromatic carbocycles. The van der Waals surface area contributed by atoms with E-state index >= 15 is 0 Å². The van der Waals surface area contributed by atoms with Crippen molar-refractivity contribution in [3.05, 3.63) is 40.8 Å². The van der Waals surface area contributed by atoms with Crippen LogP contribution in [0.25, 0.3) is 22.6 Å². The number of nitrogen functional groups attached to an aromatic ring is 2. The second-order valence-corrected chi connectivity index (χ2v) is 14.5. The topological polar surface area (TPSA) is 140 Å². The van der Waals surface area contributed by atoms with Gasteiger partial charge in [0.1, 0.15) is 5.82 Å². The van der Waals surface area contributed by atoms with Gasteiger partial charge in [-0.15, -0.1) is 0 Å². The fraction of sp³-hybridized carbons (Fsp3) is 0.588. The number of benzene rings is 1. The fourth-order valence-electron chi connectivity index (χ4n) is 9.30. The first-order valence-electron chi connectivity index (χ1n) is 17.0. The number of nitrogens with one attached hydrogen (secondary N) is 1. The lowest BCUT2D eigenvalue weighted by Crippen LogP contribution is -2.52. The molecule has 2 saturated heterocycles. The van der Waals surface area contributed by atoms with Crippen molar-refractivity contribution in [2.75, 3.05) is 49.6 Å². The van der Waals surface area contributed by atoms with Gasteiger partial charge in [0.2, 0.25) is 0 Å². The van der Waals surface area contributed by atoms with Crippen molar-refractivity contribution in [2.24, 2.45) is 0 Å². The van der Waals surface area contributed by atoms with Gasteiger partial charge in [0.25, 0.3) is 0 Å². The standard InChI is InChI=1S/C34H44N10O/c1-20(25-8-5-16-42(25)2)44-32-23(18-38-44)31(43-17-15-37-33(19-43)13-14-33)39-30(40-32)28-22-7-4-12-34(29(22)45-41-28)11-3-6-21-9-10-24(35)27(36)26(21)34/h9-10,18,20,25,37H,3-8,11-17,19,35-36H2,1-2H3/t20-,25-,34+/m0/s1. The lowest BCUT2D eigenvalue weighted by molar-refractivity contribution is 0.232. The molecule has 0 unspecified atom stereocenters. The van der Waals surface area contributed by atoms with Gasteiger partial charge in [-0.3, -0.25) is 0 Å². The van der Waals surface area contributed by atoms with E-state index in [-0.39, 0.29) is 17.0 Å². The van der Waals surface area contributed by atoms with Crippen LogP contribution < -0.4 is 21.7 Å². The van der Waals surface area contributed by atoms with Gasteiger partial charge in [0.15, 0.2) is 22.9 Å². The lowest BCUT2D eigenvalue weighted by atomic mass is 9.62. The van der Waals surface area contributed by atoms with Crippen molar-refractivity contribution in [1.29, 1.82) is 0 Å². The molecule has 3 atom stereocenters. The number of hydrogen-bond acceptors (Lipinski definition) is 10. The molecule has 5 heterocycles. The molecular weight excluding hydrogens is 564 g/mol. The van der Waals surface area contributed by atoms with E-state index in [1.807, 2.05) is 12.3 Å². The summed E-state index contributed by atoms with van der Waals surface area (Å²) in [7, 11) is 2.23. The molecule has 0 bridgehead atoms. The Morgan fingerprint density at radius 1 is 1.04 bits per heavy atom. The maximum absolute atomic E-state index is 6.73. The van der Waals surface area contributed by atoms with E-state index < -0.39 is 0 Å². The predicted octanol–water partition coefficient (Wildman–Crippen LogP) is 4.20. The Bertz CT molecular complexity index is 1800. The quantitative estimate of drug-likeness (QED) is 0.289. The van der Waals surface area contributed by atoms with Crippen molar-refractivity contribution in [3.63, 3.8) is 0 Å². The summed E-state index contributed by atoms with van der Waals surface area (Å²) in [4.78, 5) is 15.5. The molecule has 5 aliphatic rings. The molecule has 0 radical (unpaired) electrons. The van der Waals surface area contributed by atoms with Crippen LogP contribution >= 0.6 is 0 Å². The molecular formula is C34H44N10O. The first kappa shape index (κ1) is 27.6. The molecule has 4 aromatic rings. The maximum atomic E-state index is 6.73. The Morgan fingerprint density at radius 3 is 2.69 bits per heavy atom. The van der Waals surface area contributed by atoms with Gasteiger partial charge in [-0.25, -0.2) is 14.6 Å². The van der Waals surface area contributed by atoms with Crippen LogP contribution in [0.1, 0.15) is 86.8 Å². The molecule has 11 nitrogen and oxygen atoms in total. The minimum absolute atomic E-state index is 0.185. The van der Waals surface area contributed by atoms with Crippen LogP contribution in [0.2, 0.25) is 0 Å². The number of nitrogens with two attached hydrogens (primary N) is 2. The predicted molar refractivity (Wildman–Crippen MR) is 175 cm³/mol. The summed E-state index contributed by atoms with van der Waals surface area (Å²) in [6, 6.07) is 4.71. The number of anilines is 3. The van der Waals surface area contributed by atoms with Crippen molar-refractivity contribution in [1.82, 2.24) is 35.1 Å². The highest BCUT2D eigenvalue weighted by Gasteiger charge is 2.48. The number of aryl methyl sites for hydroxylation is 1. The first-order chi connectivity index (χ1) is 21.9. The molecule has 11 heteroatoms. The highest BCUT2D eigenvalue weighted by atomic mass is 16.5. The third-order valence-electron chi connectivity index (χ3n) is 11.8. The highest BCUT2D eigenvalue weighted by molar-refractivity contribution is 5.89. The van der Waals surface area contributed by atoms with E-state index in [2.05, 4.69) is 39.8 Å². The number of fused-ring (bicyclic) bond motifs is 5. The number of likely N-dealkylation sites (N-methyl/N-ethyl adjacent to an activating group) is 1.